The molecule has 1 nitrogen and oxygen atoms in total. The number of carbonyl (C=O) groups excluding carboxylic acids is 1. The maximum Gasteiger partial charge on any atom is 0.264 e. The van der Waals surface area contributed by atoms with Crippen LogP contribution in [0.4, 0.5) is 13.2 Å². The first kappa shape index (κ1) is 10.8. The molecular formula is C10H9F3O. The molecule has 4 heteroatoms. The molecule has 76 valence electrons. The number of hydrogen-bond donors (Lipinski definition) is 0. The van der Waals surface area contributed by atoms with Gasteiger partial charge in [-0.15, -0.1) is 0 Å². The number of Topliss-reactive ketones (excluding diaryl/α,β-unsaturated/α-hetero) is 1. The highest BCUT2D eigenvalue weighted by atomic mass is 19.3. The fourth-order valence-corrected chi connectivity index (χ4v) is 1.42. The van der Waals surface area contributed by atoms with Gasteiger partial charge in [0, 0.05) is 11.1 Å². The third kappa shape index (κ3) is 1.95. The highest BCUT2D eigenvalue weighted by Crippen LogP contribution is 2.26. The summed E-state index contributed by atoms with van der Waals surface area (Å²) in [5, 5.41) is 0. The van der Waals surface area contributed by atoms with Crippen LogP contribution < -0.4 is 0 Å². The van der Waals surface area contributed by atoms with Crippen molar-refractivity contribution in [3.05, 3.63) is 34.6 Å². The van der Waals surface area contributed by atoms with Crippen LogP contribution in [0.15, 0.2) is 12.1 Å². The summed E-state index contributed by atoms with van der Waals surface area (Å²) in [6.07, 6.45) is -2.83. The highest BCUT2D eigenvalue weighted by Gasteiger charge is 2.19. The second kappa shape index (κ2) is 3.82. The smallest absolute Gasteiger partial charge is 0.264 e. The first-order valence-corrected chi connectivity index (χ1v) is 4.02. The lowest BCUT2D eigenvalue weighted by atomic mass is 9.99. The van der Waals surface area contributed by atoms with E-state index < -0.39 is 23.6 Å². The van der Waals surface area contributed by atoms with E-state index in [1.54, 1.807) is 0 Å². The van der Waals surface area contributed by atoms with Gasteiger partial charge in [-0.1, -0.05) is 0 Å². The standard InChI is InChI=1S/C10H9F3O/c1-5-3-7(11)4-8(10(12)13)9(5)6(2)14/h3-4,10H,1-2H3. The zero-order chi connectivity index (χ0) is 10.9. The van der Waals surface area contributed by atoms with E-state index >= 15 is 0 Å². The van der Waals surface area contributed by atoms with E-state index in [0.29, 0.717) is 6.07 Å². The molecule has 0 saturated heterocycles. The van der Waals surface area contributed by atoms with Crippen molar-refractivity contribution in [2.45, 2.75) is 20.3 Å². The number of aryl methyl sites for hydroxylation is 1. The normalized spacial score (nSPS) is 10.7. The van der Waals surface area contributed by atoms with E-state index in [2.05, 4.69) is 0 Å². The average Bonchev–Trinajstić information content (AvgIpc) is 2.01. The number of halogens is 3. The Hall–Kier alpha value is -1.32. The molecule has 0 N–H and O–H groups in total. The molecule has 0 spiro atoms. The maximum absolute atomic E-state index is 12.8. The Morgan fingerprint density at radius 3 is 2.36 bits per heavy atom. The van der Waals surface area contributed by atoms with Gasteiger partial charge >= 0.3 is 0 Å². The third-order valence-corrected chi connectivity index (χ3v) is 1.92. The minimum atomic E-state index is -2.83. The van der Waals surface area contributed by atoms with Crippen molar-refractivity contribution in [2.24, 2.45) is 0 Å². The molecule has 0 radical (unpaired) electrons. The summed E-state index contributed by atoms with van der Waals surface area (Å²) in [5.41, 5.74) is -0.371. The van der Waals surface area contributed by atoms with Crippen molar-refractivity contribution in [2.75, 3.05) is 0 Å². The van der Waals surface area contributed by atoms with Crippen LogP contribution in [0.2, 0.25) is 0 Å². The van der Waals surface area contributed by atoms with E-state index in [1.807, 2.05) is 0 Å². The fraction of sp³-hybridized carbons (Fsp3) is 0.300. The van der Waals surface area contributed by atoms with Crippen molar-refractivity contribution in [3.8, 4) is 0 Å². The lowest BCUT2D eigenvalue weighted by molar-refractivity contribution is 0.0998. The topological polar surface area (TPSA) is 17.1 Å². The van der Waals surface area contributed by atoms with Crippen molar-refractivity contribution >= 4 is 5.78 Å². The minimum Gasteiger partial charge on any atom is -0.294 e. The quantitative estimate of drug-likeness (QED) is 0.672. The zero-order valence-electron chi connectivity index (χ0n) is 7.77. The van der Waals surface area contributed by atoms with Crippen LogP contribution in [0.5, 0.6) is 0 Å². The van der Waals surface area contributed by atoms with Gasteiger partial charge in [0.1, 0.15) is 5.82 Å². The predicted octanol–water partition coefficient (Wildman–Crippen LogP) is 3.27. The van der Waals surface area contributed by atoms with Gasteiger partial charge in [-0.25, -0.2) is 13.2 Å². The minimum absolute atomic E-state index is 0.0820. The molecule has 0 heterocycles. The van der Waals surface area contributed by atoms with Crippen molar-refractivity contribution < 1.29 is 18.0 Å². The van der Waals surface area contributed by atoms with Gasteiger partial charge in [0.25, 0.3) is 6.43 Å². The maximum atomic E-state index is 12.8. The van der Waals surface area contributed by atoms with Gasteiger partial charge in [0.05, 0.1) is 0 Å². The Bertz CT molecular complexity index is 372. The number of hydrogen-bond acceptors (Lipinski definition) is 1. The lowest BCUT2D eigenvalue weighted by Gasteiger charge is -2.09. The molecule has 1 aromatic carbocycles. The Morgan fingerprint density at radius 1 is 1.36 bits per heavy atom. The second-order valence-corrected chi connectivity index (χ2v) is 3.04. The van der Waals surface area contributed by atoms with Gasteiger partial charge in [-0.3, -0.25) is 4.79 Å². The van der Waals surface area contributed by atoms with Crippen LogP contribution in [0, 0.1) is 12.7 Å². The molecule has 1 aromatic rings. The molecule has 14 heavy (non-hydrogen) atoms. The lowest BCUT2D eigenvalue weighted by Crippen LogP contribution is -2.04. The Morgan fingerprint density at radius 2 is 1.93 bits per heavy atom. The van der Waals surface area contributed by atoms with Crippen LogP contribution in [0.3, 0.4) is 0 Å². The largest absolute Gasteiger partial charge is 0.294 e. The number of benzene rings is 1. The monoisotopic (exact) mass is 202 g/mol. The van der Waals surface area contributed by atoms with Gasteiger partial charge < -0.3 is 0 Å². The first-order chi connectivity index (χ1) is 6.43. The number of alkyl halides is 2. The molecule has 0 unspecified atom stereocenters. The van der Waals surface area contributed by atoms with Crippen LogP contribution in [0.1, 0.15) is 34.8 Å². The summed E-state index contributed by atoms with van der Waals surface area (Å²) >= 11 is 0. The zero-order valence-corrected chi connectivity index (χ0v) is 7.77. The van der Waals surface area contributed by atoms with Gasteiger partial charge in [-0.2, -0.15) is 0 Å². The predicted molar refractivity (Wildman–Crippen MR) is 46.1 cm³/mol. The third-order valence-electron chi connectivity index (χ3n) is 1.92. The molecule has 0 atom stereocenters. The Kier molecular flexibility index (Phi) is 2.93. The summed E-state index contributed by atoms with van der Waals surface area (Å²) < 4.78 is 37.6. The van der Waals surface area contributed by atoms with E-state index in [9.17, 15) is 18.0 Å². The van der Waals surface area contributed by atoms with Gasteiger partial charge in [-0.05, 0) is 31.5 Å². The van der Waals surface area contributed by atoms with Crippen LogP contribution in [-0.2, 0) is 0 Å². The molecular weight excluding hydrogens is 193 g/mol. The number of ketones is 1. The summed E-state index contributed by atoms with van der Waals surface area (Å²) in [4.78, 5) is 11.0. The number of carbonyl (C=O) groups is 1. The van der Waals surface area contributed by atoms with Crippen molar-refractivity contribution in [1.29, 1.82) is 0 Å². The fourth-order valence-electron chi connectivity index (χ4n) is 1.42. The van der Waals surface area contributed by atoms with Crippen LogP contribution in [-0.4, -0.2) is 5.78 Å². The molecule has 0 aromatic heterocycles. The Balaban J connectivity index is 3.44. The average molecular weight is 202 g/mol. The molecule has 0 aliphatic heterocycles. The van der Waals surface area contributed by atoms with Crippen LogP contribution in [0.25, 0.3) is 0 Å². The molecule has 0 aliphatic rings. The van der Waals surface area contributed by atoms with Crippen molar-refractivity contribution in [1.82, 2.24) is 0 Å². The van der Waals surface area contributed by atoms with E-state index in [1.165, 1.54) is 13.8 Å². The molecule has 0 fully saturated rings. The highest BCUT2D eigenvalue weighted by molar-refractivity contribution is 5.97. The van der Waals surface area contributed by atoms with Crippen LogP contribution >= 0.6 is 0 Å². The second-order valence-electron chi connectivity index (χ2n) is 3.04. The number of rotatable bonds is 2. The van der Waals surface area contributed by atoms with E-state index in [4.69, 9.17) is 0 Å². The first-order valence-electron chi connectivity index (χ1n) is 4.02. The molecule has 0 saturated carbocycles. The van der Waals surface area contributed by atoms with Gasteiger partial charge in [0.2, 0.25) is 0 Å². The van der Waals surface area contributed by atoms with E-state index in [-0.39, 0.29) is 11.1 Å². The van der Waals surface area contributed by atoms with Crippen molar-refractivity contribution in [3.63, 3.8) is 0 Å². The Labute approximate surface area is 79.5 Å². The molecule has 0 amide bonds. The SMILES string of the molecule is CC(=O)c1c(C)cc(F)cc1C(F)F. The molecule has 0 aliphatic carbocycles. The van der Waals surface area contributed by atoms with E-state index in [0.717, 1.165) is 6.07 Å². The summed E-state index contributed by atoms with van der Waals surface area (Å²) in [7, 11) is 0. The summed E-state index contributed by atoms with van der Waals surface area (Å²) in [5.74, 6) is -1.22. The summed E-state index contributed by atoms with van der Waals surface area (Å²) in [6.45, 7) is 2.62. The molecule has 1 rings (SSSR count). The summed E-state index contributed by atoms with van der Waals surface area (Å²) in [6, 6.07) is 1.77. The van der Waals surface area contributed by atoms with Gasteiger partial charge in [0.15, 0.2) is 5.78 Å². The molecule has 0 bridgehead atoms.